The van der Waals surface area contributed by atoms with Crippen molar-refractivity contribution in [1.82, 2.24) is 9.80 Å². The number of likely N-dealkylation sites (tertiary alicyclic amines) is 1. The molecular formula is C17H17F3N2O4. The minimum absolute atomic E-state index is 0.114. The highest BCUT2D eigenvalue weighted by Gasteiger charge is 2.34. The van der Waals surface area contributed by atoms with Gasteiger partial charge in [0.05, 0.1) is 18.7 Å². The molecule has 2 fully saturated rings. The summed E-state index contributed by atoms with van der Waals surface area (Å²) in [4.78, 5) is 38.0. The molecule has 1 aromatic rings. The van der Waals surface area contributed by atoms with E-state index in [1.165, 1.54) is 17.0 Å². The number of ether oxygens (including phenoxy) is 1. The predicted octanol–water partition coefficient (Wildman–Crippen LogP) is 1.75. The van der Waals surface area contributed by atoms with Gasteiger partial charge in [0.15, 0.2) is 0 Å². The van der Waals surface area contributed by atoms with Crippen LogP contribution in [0.4, 0.5) is 13.2 Å². The van der Waals surface area contributed by atoms with Crippen molar-refractivity contribution in [2.24, 2.45) is 0 Å². The smallest absolute Gasteiger partial charge is 0.370 e. The van der Waals surface area contributed by atoms with Crippen LogP contribution in [0.15, 0.2) is 24.3 Å². The number of amides is 3. The van der Waals surface area contributed by atoms with E-state index in [9.17, 15) is 27.6 Å². The van der Waals surface area contributed by atoms with Crippen LogP contribution >= 0.6 is 0 Å². The number of alkyl halides is 3. The lowest BCUT2D eigenvalue weighted by molar-refractivity contribution is -0.148. The molecule has 9 heteroatoms. The van der Waals surface area contributed by atoms with E-state index in [0.29, 0.717) is 12.1 Å². The fraction of sp³-hybridized carbons (Fsp3) is 0.471. The Morgan fingerprint density at radius 2 is 1.73 bits per heavy atom. The van der Waals surface area contributed by atoms with Crippen molar-refractivity contribution >= 4 is 17.7 Å². The Kier molecular flexibility index (Phi) is 4.99. The second-order valence-corrected chi connectivity index (χ2v) is 6.19. The summed E-state index contributed by atoms with van der Waals surface area (Å²) in [7, 11) is 0. The lowest BCUT2D eigenvalue weighted by atomic mass is 10.1. The van der Waals surface area contributed by atoms with E-state index in [2.05, 4.69) is 0 Å². The molecule has 0 bridgehead atoms. The number of hydrogen-bond donors (Lipinski definition) is 0. The minimum Gasteiger partial charge on any atom is -0.370 e. The lowest BCUT2D eigenvalue weighted by Crippen LogP contribution is -2.47. The number of carbonyl (C=O) groups excluding carboxylic acids is 3. The van der Waals surface area contributed by atoms with Crippen LogP contribution in [-0.2, 0) is 25.3 Å². The first-order chi connectivity index (χ1) is 12.3. The van der Waals surface area contributed by atoms with Gasteiger partial charge in [-0.25, -0.2) is 0 Å². The van der Waals surface area contributed by atoms with E-state index in [-0.39, 0.29) is 50.3 Å². The zero-order valence-electron chi connectivity index (χ0n) is 13.8. The van der Waals surface area contributed by atoms with Crippen molar-refractivity contribution in [2.75, 3.05) is 26.2 Å². The Balaban J connectivity index is 1.64. The molecule has 2 aliphatic heterocycles. The molecular weight excluding hydrogens is 353 g/mol. The normalized spacial score (nSPS) is 21.4. The molecule has 0 aliphatic carbocycles. The molecule has 0 aromatic heterocycles. The van der Waals surface area contributed by atoms with E-state index in [0.717, 1.165) is 17.0 Å². The molecule has 1 atom stereocenters. The number of rotatable bonds is 3. The first-order valence-electron chi connectivity index (χ1n) is 8.15. The summed E-state index contributed by atoms with van der Waals surface area (Å²) in [6.45, 7) is 0.364. The molecule has 2 saturated heterocycles. The van der Waals surface area contributed by atoms with Gasteiger partial charge in [-0.3, -0.25) is 19.3 Å². The average molecular weight is 370 g/mol. The van der Waals surface area contributed by atoms with Gasteiger partial charge in [0, 0.05) is 19.4 Å². The number of carbonyl (C=O) groups is 3. The number of nitrogens with zero attached hydrogens (tertiary/aromatic N) is 2. The van der Waals surface area contributed by atoms with Crippen molar-refractivity contribution in [1.29, 1.82) is 0 Å². The van der Waals surface area contributed by atoms with Crippen LogP contribution in [0.2, 0.25) is 0 Å². The van der Waals surface area contributed by atoms with Gasteiger partial charge in [-0.15, -0.1) is 0 Å². The Hall–Kier alpha value is -2.42. The van der Waals surface area contributed by atoms with Crippen LogP contribution in [0, 0.1) is 0 Å². The van der Waals surface area contributed by atoms with Crippen molar-refractivity contribution < 1.29 is 32.3 Å². The Morgan fingerprint density at radius 3 is 2.31 bits per heavy atom. The summed E-state index contributed by atoms with van der Waals surface area (Å²) in [5.41, 5.74) is -0.222. The van der Waals surface area contributed by atoms with Crippen LogP contribution in [0.3, 0.4) is 0 Å². The third-order valence-corrected chi connectivity index (χ3v) is 4.48. The van der Waals surface area contributed by atoms with Crippen LogP contribution in [-0.4, -0.2) is 53.8 Å². The molecule has 1 aromatic carbocycles. The SMILES string of the molecule is O=C(CN1C(=O)CCC1=O)N1CCOC(c2ccc(C(F)(F)F)cc2)C1. The second kappa shape index (κ2) is 7.06. The highest BCUT2D eigenvalue weighted by Crippen LogP contribution is 2.31. The molecule has 2 aliphatic rings. The summed E-state index contributed by atoms with van der Waals surface area (Å²) in [6.07, 6.45) is -4.74. The van der Waals surface area contributed by atoms with Crippen molar-refractivity contribution in [2.45, 2.75) is 25.1 Å². The molecule has 3 amide bonds. The zero-order chi connectivity index (χ0) is 18.9. The third-order valence-electron chi connectivity index (χ3n) is 4.48. The molecule has 0 saturated carbocycles. The fourth-order valence-electron chi connectivity index (χ4n) is 3.00. The number of imide groups is 1. The van der Waals surface area contributed by atoms with Crippen LogP contribution in [0.1, 0.15) is 30.1 Å². The van der Waals surface area contributed by atoms with Crippen LogP contribution in [0.25, 0.3) is 0 Å². The molecule has 2 heterocycles. The van der Waals surface area contributed by atoms with Gasteiger partial charge in [0.2, 0.25) is 17.7 Å². The Bertz CT molecular complexity index is 702. The highest BCUT2D eigenvalue weighted by molar-refractivity contribution is 6.04. The van der Waals surface area contributed by atoms with Gasteiger partial charge < -0.3 is 9.64 Å². The number of halogens is 3. The first-order valence-corrected chi connectivity index (χ1v) is 8.15. The largest absolute Gasteiger partial charge is 0.416 e. The minimum atomic E-state index is -4.41. The number of hydrogen-bond acceptors (Lipinski definition) is 4. The highest BCUT2D eigenvalue weighted by atomic mass is 19.4. The average Bonchev–Trinajstić information content (AvgIpc) is 2.93. The summed E-state index contributed by atoms with van der Waals surface area (Å²) in [6, 6.07) is 4.60. The Labute approximate surface area is 147 Å². The van der Waals surface area contributed by atoms with Crippen LogP contribution < -0.4 is 0 Å². The standard InChI is InChI=1S/C17H17F3N2O4/c18-17(19,20)12-3-1-11(2-4-12)13-9-21(7-8-26-13)16(25)10-22-14(23)5-6-15(22)24/h1-4,13H,5-10H2. The summed E-state index contributed by atoms with van der Waals surface area (Å²) >= 11 is 0. The molecule has 1 unspecified atom stereocenters. The topological polar surface area (TPSA) is 66.9 Å². The monoisotopic (exact) mass is 370 g/mol. The van der Waals surface area contributed by atoms with Gasteiger partial charge >= 0.3 is 6.18 Å². The lowest BCUT2D eigenvalue weighted by Gasteiger charge is -2.34. The van der Waals surface area contributed by atoms with E-state index < -0.39 is 17.8 Å². The summed E-state index contributed by atoms with van der Waals surface area (Å²) in [5, 5.41) is 0. The molecule has 6 nitrogen and oxygen atoms in total. The van der Waals surface area contributed by atoms with Gasteiger partial charge in [-0.05, 0) is 17.7 Å². The second-order valence-electron chi connectivity index (χ2n) is 6.19. The summed E-state index contributed by atoms with van der Waals surface area (Å²) in [5.74, 6) is -1.11. The van der Waals surface area contributed by atoms with Crippen molar-refractivity contribution in [3.05, 3.63) is 35.4 Å². The molecule has 0 spiro atoms. The van der Waals surface area contributed by atoms with E-state index in [1.807, 2.05) is 0 Å². The third kappa shape index (κ3) is 3.87. The van der Waals surface area contributed by atoms with Gasteiger partial charge in [0.25, 0.3) is 0 Å². The maximum atomic E-state index is 12.6. The Morgan fingerprint density at radius 1 is 1.12 bits per heavy atom. The fourth-order valence-corrected chi connectivity index (χ4v) is 3.00. The zero-order valence-corrected chi connectivity index (χ0v) is 13.8. The predicted molar refractivity (Wildman–Crippen MR) is 82.7 cm³/mol. The van der Waals surface area contributed by atoms with Gasteiger partial charge in [0.1, 0.15) is 12.6 Å². The van der Waals surface area contributed by atoms with Gasteiger partial charge in [-0.1, -0.05) is 12.1 Å². The van der Waals surface area contributed by atoms with E-state index in [4.69, 9.17) is 4.74 Å². The van der Waals surface area contributed by atoms with Gasteiger partial charge in [-0.2, -0.15) is 13.2 Å². The number of morpholine rings is 1. The maximum Gasteiger partial charge on any atom is 0.416 e. The molecule has 0 N–H and O–H groups in total. The first kappa shape index (κ1) is 18.4. The van der Waals surface area contributed by atoms with Crippen LogP contribution in [0.5, 0.6) is 0 Å². The maximum absolute atomic E-state index is 12.6. The quantitative estimate of drug-likeness (QED) is 0.761. The molecule has 0 radical (unpaired) electrons. The van der Waals surface area contributed by atoms with Crippen molar-refractivity contribution in [3.8, 4) is 0 Å². The van der Waals surface area contributed by atoms with E-state index in [1.54, 1.807) is 0 Å². The molecule has 26 heavy (non-hydrogen) atoms. The number of benzene rings is 1. The molecule has 3 rings (SSSR count). The summed E-state index contributed by atoms with van der Waals surface area (Å²) < 4.78 is 43.5. The van der Waals surface area contributed by atoms with Crippen molar-refractivity contribution in [3.63, 3.8) is 0 Å². The van der Waals surface area contributed by atoms with E-state index >= 15 is 0 Å². The molecule has 140 valence electrons.